The SMILES string of the molecule is COC(=O)c1cc(C(=O)NCC(C)(C)C)ccc1N1CCCCC[C@@H]1C(=O)O. The van der Waals surface area contributed by atoms with Crippen LogP contribution in [-0.2, 0) is 9.53 Å². The van der Waals surface area contributed by atoms with Crippen molar-refractivity contribution in [3.63, 3.8) is 0 Å². The molecule has 7 heteroatoms. The molecule has 0 bridgehead atoms. The molecule has 0 unspecified atom stereocenters. The molecule has 28 heavy (non-hydrogen) atoms. The summed E-state index contributed by atoms with van der Waals surface area (Å²) in [6.45, 7) is 7.08. The summed E-state index contributed by atoms with van der Waals surface area (Å²) in [5.74, 6) is -1.78. The molecule has 0 aliphatic carbocycles. The third-order valence-corrected chi connectivity index (χ3v) is 4.79. The Labute approximate surface area is 166 Å². The maximum atomic E-state index is 12.5. The van der Waals surface area contributed by atoms with Gasteiger partial charge in [-0.3, -0.25) is 4.79 Å². The summed E-state index contributed by atoms with van der Waals surface area (Å²) in [5.41, 5.74) is 0.976. The third-order valence-electron chi connectivity index (χ3n) is 4.79. The van der Waals surface area contributed by atoms with Crippen LogP contribution in [0.3, 0.4) is 0 Å². The fraction of sp³-hybridized carbons (Fsp3) is 0.571. The minimum atomic E-state index is -0.912. The van der Waals surface area contributed by atoms with E-state index in [1.54, 1.807) is 17.0 Å². The molecule has 2 N–H and O–H groups in total. The molecule has 1 fully saturated rings. The van der Waals surface area contributed by atoms with Gasteiger partial charge in [0, 0.05) is 18.7 Å². The molecule has 1 aliphatic heterocycles. The molecule has 2 rings (SSSR count). The van der Waals surface area contributed by atoms with Crippen LogP contribution in [0.2, 0.25) is 0 Å². The van der Waals surface area contributed by atoms with E-state index in [4.69, 9.17) is 4.74 Å². The maximum Gasteiger partial charge on any atom is 0.339 e. The van der Waals surface area contributed by atoms with Gasteiger partial charge in [-0.25, -0.2) is 9.59 Å². The van der Waals surface area contributed by atoms with Crippen molar-refractivity contribution in [1.29, 1.82) is 0 Å². The molecule has 7 nitrogen and oxygen atoms in total. The van der Waals surface area contributed by atoms with Gasteiger partial charge in [0.2, 0.25) is 0 Å². The molecular weight excluding hydrogens is 360 g/mol. The maximum absolute atomic E-state index is 12.5. The number of amides is 1. The van der Waals surface area contributed by atoms with Gasteiger partial charge < -0.3 is 20.1 Å². The lowest BCUT2D eigenvalue weighted by atomic mass is 9.96. The van der Waals surface area contributed by atoms with Crippen LogP contribution in [0.25, 0.3) is 0 Å². The molecule has 1 heterocycles. The summed E-state index contributed by atoms with van der Waals surface area (Å²) >= 11 is 0. The van der Waals surface area contributed by atoms with Gasteiger partial charge in [-0.15, -0.1) is 0 Å². The van der Waals surface area contributed by atoms with Gasteiger partial charge in [-0.2, -0.15) is 0 Å². The van der Waals surface area contributed by atoms with Crippen LogP contribution >= 0.6 is 0 Å². The first-order valence-corrected chi connectivity index (χ1v) is 9.64. The minimum absolute atomic E-state index is 0.0679. The van der Waals surface area contributed by atoms with E-state index >= 15 is 0 Å². The zero-order valence-electron chi connectivity index (χ0n) is 17.1. The highest BCUT2D eigenvalue weighted by Crippen LogP contribution is 2.29. The number of carbonyl (C=O) groups excluding carboxylic acids is 2. The third kappa shape index (κ3) is 5.47. The molecule has 154 valence electrons. The van der Waals surface area contributed by atoms with E-state index in [0.717, 1.165) is 19.3 Å². The van der Waals surface area contributed by atoms with Crippen molar-refractivity contribution in [3.8, 4) is 0 Å². The Kier molecular flexibility index (Phi) is 7.05. The summed E-state index contributed by atoms with van der Waals surface area (Å²) in [6, 6.07) is 4.07. The zero-order chi connectivity index (χ0) is 20.9. The standard InChI is InChI=1S/C21H30N2O5/c1-21(2,3)13-22-18(24)14-9-10-16(15(12-14)20(27)28-4)23-11-7-5-6-8-17(23)19(25)26/h9-10,12,17H,5-8,11,13H2,1-4H3,(H,22,24)(H,25,26)/t17-/m1/s1. The number of esters is 1. The second kappa shape index (κ2) is 9.08. The average Bonchev–Trinajstić information content (AvgIpc) is 2.90. The van der Waals surface area contributed by atoms with Crippen LogP contribution in [0.1, 0.15) is 67.2 Å². The van der Waals surface area contributed by atoms with Crippen LogP contribution < -0.4 is 10.2 Å². The first-order chi connectivity index (χ1) is 13.1. The highest BCUT2D eigenvalue weighted by atomic mass is 16.5. The predicted molar refractivity (Wildman–Crippen MR) is 107 cm³/mol. The summed E-state index contributed by atoms with van der Waals surface area (Å²) in [5, 5.41) is 12.5. The van der Waals surface area contributed by atoms with Crippen molar-refractivity contribution in [3.05, 3.63) is 29.3 Å². The van der Waals surface area contributed by atoms with Gasteiger partial charge in [0.05, 0.1) is 18.4 Å². The first-order valence-electron chi connectivity index (χ1n) is 9.64. The van der Waals surface area contributed by atoms with Crippen molar-refractivity contribution in [2.45, 2.75) is 52.5 Å². The van der Waals surface area contributed by atoms with Gasteiger partial charge in [0.15, 0.2) is 0 Å². The van der Waals surface area contributed by atoms with Crippen molar-refractivity contribution in [2.24, 2.45) is 5.41 Å². The monoisotopic (exact) mass is 390 g/mol. The van der Waals surface area contributed by atoms with Gasteiger partial charge in [-0.1, -0.05) is 33.6 Å². The number of methoxy groups -OCH3 is 1. The number of rotatable bonds is 5. The summed E-state index contributed by atoms with van der Waals surface area (Å²) in [7, 11) is 1.27. The van der Waals surface area contributed by atoms with Crippen LogP contribution in [0.4, 0.5) is 5.69 Å². The van der Waals surface area contributed by atoms with E-state index in [0.29, 0.717) is 30.8 Å². The lowest BCUT2D eigenvalue weighted by molar-refractivity contribution is -0.138. The van der Waals surface area contributed by atoms with Crippen LogP contribution in [0.5, 0.6) is 0 Å². The second-order valence-corrected chi connectivity index (χ2v) is 8.36. The Morgan fingerprint density at radius 2 is 1.93 bits per heavy atom. The fourth-order valence-electron chi connectivity index (χ4n) is 3.30. The van der Waals surface area contributed by atoms with Crippen molar-refractivity contribution in [1.82, 2.24) is 5.32 Å². The van der Waals surface area contributed by atoms with E-state index in [2.05, 4.69) is 5.32 Å². The predicted octanol–water partition coefficient (Wildman–Crippen LogP) is 3.08. The number of hydrogen-bond acceptors (Lipinski definition) is 5. The van der Waals surface area contributed by atoms with E-state index < -0.39 is 18.0 Å². The topological polar surface area (TPSA) is 95.9 Å². The summed E-state index contributed by atoms with van der Waals surface area (Å²) < 4.78 is 4.90. The number of aliphatic carboxylic acids is 1. The van der Waals surface area contributed by atoms with E-state index in [-0.39, 0.29) is 16.9 Å². The number of carbonyl (C=O) groups is 3. The van der Waals surface area contributed by atoms with Gasteiger partial charge in [0.25, 0.3) is 5.91 Å². The van der Waals surface area contributed by atoms with Crippen molar-refractivity contribution < 1.29 is 24.2 Å². The number of anilines is 1. The zero-order valence-corrected chi connectivity index (χ0v) is 17.1. The molecule has 1 amide bonds. The Hall–Kier alpha value is -2.57. The molecule has 1 atom stereocenters. The number of hydrogen-bond donors (Lipinski definition) is 2. The lowest BCUT2D eigenvalue weighted by Crippen LogP contribution is -2.41. The lowest BCUT2D eigenvalue weighted by Gasteiger charge is -2.30. The van der Waals surface area contributed by atoms with Gasteiger partial charge >= 0.3 is 11.9 Å². The quantitative estimate of drug-likeness (QED) is 0.750. The summed E-state index contributed by atoms with van der Waals surface area (Å²) in [4.78, 5) is 38.4. The number of carboxylic acid groups (broad SMARTS) is 1. The Morgan fingerprint density at radius 1 is 1.21 bits per heavy atom. The number of ether oxygens (including phenoxy) is 1. The smallest absolute Gasteiger partial charge is 0.339 e. The number of benzene rings is 1. The molecule has 0 aromatic heterocycles. The Bertz CT molecular complexity index is 739. The van der Waals surface area contributed by atoms with Crippen LogP contribution in [0, 0.1) is 5.41 Å². The van der Waals surface area contributed by atoms with Crippen molar-refractivity contribution in [2.75, 3.05) is 25.1 Å². The fourth-order valence-corrected chi connectivity index (χ4v) is 3.30. The molecule has 0 saturated carbocycles. The number of nitrogens with one attached hydrogen (secondary N) is 1. The molecule has 0 radical (unpaired) electrons. The molecule has 1 saturated heterocycles. The van der Waals surface area contributed by atoms with Crippen molar-refractivity contribution >= 4 is 23.5 Å². The number of carboxylic acids is 1. The molecule has 1 aromatic rings. The molecule has 1 aromatic carbocycles. The Balaban J connectivity index is 2.40. The van der Waals surface area contributed by atoms with E-state index in [9.17, 15) is 19.5 Å². The van der Waals surface area contributed by atoms with E-state index in [1.807, 2.05) is 20.8 Å². The normalized spacial score (nSPS) is 17.6. The summed E-state index contributed by atoms with van der Waals surface area (Å²) in [6.07, 6.45) is 3.14. The van der Waals surface area contributed by atoms with Gasteiger partial charge in [0.1, 0.15) is 6.04 Å². The second-order valence-electron chi connectivity index (χ2n) is 8.36. The average molecular weight is 390 g/mol. The highest BCUT2D eigenvalue weighted by Gasteiger charge is 2.30. The highest BCUT2D eigenvalue weighted by molar-refractivity contribution is 6.02. The molecular formula is C21H30N2O5. The van der Waals surface area contributed by atoms with E-state index in [1.165, 1.54) is 13.2 Å². The van der Waals surface area contributed by atoms with Crippen LogP contribution in [-0.4, -0.2) is 49.2 Å². The Morgan fingerprint density at radius 3 is 2.54 bits per heavy atom. The number of nitrogens with zero attached hydrogens (tertiary/aromatic N) is 1. The minimum Gasteiger partial charge on any atom is -0.480 e. The van der Waals surface area contributed by atoms with Gasteiger partial charge in [-0.05, 0) is 36.5 Å². The first kappa shape index (κ1) is 21.7. The molecule has 0 spiro atoms. The largest absolute Gasteiger partial charge is 0.480 e. The molecule has 1 aliphatic rings. The van der Waals surface area contributed by atoms with Crippen LogP contribution in [0.15, 0.2) is 18.2 Å².